The van der Waals surface area contributed by atoms with Gasteiger partial charge in [0.2, 0.25) is 0 Å². The van der Waals surface area contributed by atoms with Gasteiger partial charge in [0.05, 0.1) is 23.4 Å². The van der Waals surface area contributed by atoms with Gasteiger partial charge in [-0.2, -0.15) is 0 Å². The SMILES string of the molecule is COC(=O)c1cc(C)c2c(c1)S(=O)(=O)Cc1cc(N3CCN(C4CCC4)CC3)cc(Cl)c1O2. The Morgan fingerprint density at radius 1 is 1.09 bits per heavy atom. The summed E-state index contributed by atoms with van der Waals surface area (Å²) >= 11 is 6.63. The second-order valence-corrected chi connectivity index (χ2v) is 11.4. The lowest BCUT2D eigenvalue weighted by Crippen LogP contribution is -2.52. The number of ether oxygens (including phenoxy) is 2. The fourth-order valence-corrected chi connectivity index (χ4v) is 6.70. The summed E-state index contributed by atoms with van der Waals surface area (Å²) in [6.07, 6.45) is 3.90. The molecule has 0 aromatic heterocycles. The van der Waals surface area contributed by atoms with Crippen LogP contribution in [-0.2, 0) is 20.3 Å². The predicted octanol–water partition coefficient (Wildman–Crippen LogP) is 4.19. The molecule has 5 rings (SSSR count). The van der Waals surface area contributed by atoms with Crippen LogP contribution >= 0.6 is 11.6 Å². The second kappa shape index (κ2) is 8.49. The van der Waals surface area contributed by atoms with Gasteiger partial charge in [-0.05, 0) is 49.6 Å². The van der Waals surface area contributed by atoms with E-state index in [4.69, 9.17) is 21.1 Å². The summed E-state index contributed by atoms with van der Waals surface area (Å²) < 4.78 is 37.5. The first-order valence-electron chi connectivity index (χ1n) is 11.2. The van der Waals surface area contributed by atoms with Crippen molar-refractivity contribution in [2.75, 3.05) is 38.2 Å². The van der Waals surface area contributed by atoms with E-state index in [-0.39, 0.29) is 22.0 Å². The van der Waals surface area contributed by atoms with E-state index in [1.807, 2.05) is 12.1 Å². The van der Waals surface area contributed by atoms with Gasteiger partial charge in [-0.1, -0.05) is 18.0 Å². The van der Waals surface area contributed by atoms with Crippen LogP contribution in [0.2, 0.25) is 5.02 Å². The molecule has 9 heteroatoms. The molecule has 2 aromatic rings. The molecule has 1 aliphatic carbocycles. The van der Waals surface area contributed by atoms with Crippen molar-refractivity contribution < 1.29 is 22.7 Å². The van der Waals surface area contributed by atoms with Crippen LogP contribution < -0.4 is 9.64 Å². The Balaban J connectivity index is 1.48. The van der Waals surface area contributed by atoms with Crippen LogP contribution in [0.25, 0.3) is 0 Å². The molecule has 2 fully saturated rings. The van der Waals surface area contributed by atoms with Crippen LogP contribution in [0.3, 0.4) is 0 Å². The first kappa shape index (κ1) is 22.5. The fourth-order valence-electron chi connectivity index (χ4n) is 4.86. The summed E-state index contributed by atoms with van der Waals surface area (Å²) in [5.41, 5.74) is 2.12. The first-order valence-corrected chi connectivity index (χ1v) is 13.2. The Bertz CT molecular complexity index is 1220. The van der Waals surface area contributed by atoms with E-state index < -0.39 is 15.8 Å². The van der Waals surface area contributed by atoms with Gasteiger partial charge in [-0.3, -0.25) is 4.90 Å². The maximum Gasteiger partial charge on any atom is 0.337 e. The lowest BCUT2D eigenvalue weighted by molar-refractivity contribution is 0.0600. The Kier molecular flexibility index (Phi) is 5.79. The summed E-state index contributed by atoms with van der Waals surface area (Å²) in [7, 11) is -2.52. The molecule has 1 saturated heterocycles. The topological polar surface area (TPSA) is 76.2 Å². The highest BCUT2D eigenvalue weighted by molar-refractivity contribution is 7.90. The number of carbonyl (C=O) groups is 1. The minimum Gasteiger partial charge on any atom is -0.465 e. The summed E-state index contributed by atoms with van der Waals surface area (Å²) in [5.74, 6) is -0.302. The number of fused-ring (bicyclic) bond motifs is 2. The molecule has 0 N–H and O–H groups in total. The van der Waals surface area contributed by atoms with E-state index >= 15 is 0 Å². The Hall–Kier alpha value is -2.29. The van der Waals surface area contributed by atoms with Crippen LogP contribution in [0.1, 0.15) is 40.7 Å². The minimum absolute atomic E-state index is 0.0224. The molecule has 0 spiro atoms. The number of carbonyl (C=O) groups excluding carboxylic acids is 1. The Labute approximate surface area is 199 Å². The number of sulfone groups is 1. The number of piperazine rings is 1. The highest BCUT2D eigenvalue weighted by atomic mass is 35.5. The maximum atomic E-state index is 13.3. The Morgan fingerprint density at radius 2 is 1.82 bits per heavy atom. The number of hydrogen-bond donors (Lipinski definition) is 0. The zero-order chi connectivity index (χ0) is 23.3. The summed E-state index contributed by atoms with van der Waals surface area (Å²) in [4.78, 5) is 16.8. The highest BCUT2D eigenvalue weighted by Crippen LogP contribution is 2.45. The number of methoxy groups -OCH3 is 1. The van der Waals surface area contributed by atoms with Crippen molar-refractivity contribution in [1.82, 2.24) is 4.90 Å². The number of nitrogens with zero attached hydrogens (tertiary/aromatic N) is 2. The molecule has 3 aliphatic rings. The number of rotatable bonds is 3. The molecule has 0 unspecified atom stereocenters. The zero-order valence-corrected chi connectivity index (χ0v) is 20.3. The van der Waals surface area contributed by atoms with Crippen molar-refractivity contribution in [3.05, 3.63) is 46.0 Å². The van der Waals surface area contributed by atoms with Gasteiger partial charge in [-0.25, -0.2) is 13.2 Å². The average Bonchev–Trinajstić information content (AvgIpc) is 2.86. The number of esters is 1. The van der Waals surface area contributed by atoms with Gasteiger partial charge in [0.15, 0.2) is 9.84 Å². The summed E-state index contributed by atoms with van der Waals surface area (Å²) in [6.45, 7) is 5.45. The lowest BCUT2D eigenvalue weighted by atomic mass is 9.91. The van der Waals surface area contributed by atoms with Crippen LogP contribution in [0.5, 0.6) is 11.5 Å². The van der Waals surface area contributed by atoms with E-state index in [1.165, 1.54) is 32.4 Å². The monoisotopic (exact) mass is 490 g/mol. The molecule has 2 aliphatic heterocycles. The molecular formula is C24H27ClN2O5S. The second-order valence-electron chi connectivity index (χ2n) is 9.00. The summed E-state index contributed by atoms with van der Waals surface area (Å²) in [6, 6.07) is 7.34. The minimum atomic E-state index is -3.78. The molecule has 33 heavy (non-hydrogen) atoms. The third kappa shape index (κ3) is 4.09. The molecule has 2 aromatic carbocycles. The van der Waals surface area contributed by atoms with E-state index in [2.05, 4.69) is 9.80 Å². The zero-order valence-electron chi connectivity index (χ0n) is 18.8. The van der Waals surface area contributed by atoms with Crippen molar-refractivity contribution in [3.63, 3.8) is 0 Å². The van der Waals surface area contributed by atoms with E-state index in [0.717, 1.165) is 37.9 Å². The van der Waals surface area contributed by atoms with Crippen molar-refractivity contribution in [1.29, 1.82) is 0 Å². The quantitative estimate of drug-likeness (QED) is 0.597. The van der Waals surface area contributed by atoms with Gasteiger partial charge in [0, 0.05) is 43.5 Å². The molecule has 176 valence electrons. The molecule has 0 radical (unpaired) electrons. The van der Waals surface area contributed by atoms with Crippen LogP contribution in [0.4, 0.5) is 5.69 Å². The van der Waals surface area contributed by atoms with Crippen molar-refractivity contribution in [3.8, 4) is 11.5 Å². The number of halogens is 1. The molecule has 1 saturated carbocycles. The Morgan fingerprint density at radius 3 is 2.45 bits per heavy atom. The molecule has 7 nitrogen and oxygen atoms in total. The van der Waals surface area contributed by atoms with Crippen molar-refractivity contribution in [2.45, 2.75) is 42.9 Å². The van der Waals surface area contributed by atoms with Gasteiger partial charge < -0.3 is 14.4 Å². The molecular weight excluding hydrogens is 464 g/mol. The van der Waals surface area contributed by atoms with E-state index in [9.17, 15) is 13.2 Å². The highest BCUT2D eigenvalue weighted by Gasteiger charge is 2.33. The van der Waals surface area contributed by atoms with Crippen LogP contribution in [0.15, 0.2) is 29.2 Å². The van der Waals surface area contributed by atoms with Gasteiger partial charge in [-0.15, -0.1) is 0 Å². The van der Waals surface area contributed by atoms with Gasteiger partial charge in [0.1, 0.15) is 16.4 Å². The first-order chi connectivity index (χ1) is 15.8. The third-order valence-corrected chi connectivity index (χ3v) is 8.87. The normalized spacial score (nSPS) is 20.2. The van der Waals surface area contributed by atoms with Crippen molar-refractivity contribution in [2.24, 2.45) is 0 Å². The predicted molar refractivity (Wildman–Crippen MR) is 126 cm³/mol. The smallest absolute Gasteiger partial charge is 0.337 e. The summed E-state index contributed by atoms with van der Waals surface area (Å²) in [5, 5.41) is 0.378. The molecule has 0 atom stereocenters. The molecule has 0 bridgehead atoms. The van der Waals surface area contributed by atoms with Gasteiger partial charge in [0.25, 0.3) is 0 Å². The number of anilines is 1. The van der Waals surface area contributed by atoms with Crippen LogP contribution in [-0.4, -0.2) is 58.6 Å². The largest absolute Gasteiger partial charge is 0.465 e. The fraction of sp³-hybridized carbons (Fsp3) is 0.458. The van der Waals surface area contributed by atoms with Crippen LogP contribution in [0, 0.1) is 6.92 Å². The standard InChI is InChI=1S/C24H27ClN2O5S/c1-15-10-16(24(28)31-2)12-21-22(15)32-23-17(14-33(21,29)30)11-19(13-20(23)25)27-8-6-26(7-9-27)18-4-3-5-18/h10-13,18H,3-9,14H2,1-2H3. The molecule has 0 amide bonds. The number of hydrogen-bond acceptors (Lipinski definition) is 7. The number of benzene rings is 2. The van der Waals surface area contributed by atoms with Gasteiger partial charge >= 0.3 is 5.97 Å². The average molecular weight is 491 g/mol. The van der Waals surface area contributed by atoms with E-state index in [1.54, 1.807) is 13.0 Å². The number of aryl methyl sites for hydroxylation is 1. The van der Waals surface area contributed by atoms with E-state index in [0.29, 0.717) is 21.9 Å². The lowest BCUT2D eigenvalue weighted by Gasteiger charge is -2.43. The molecule has 2 heterocycles. The maximum absolute atomic E-state index is 13.3. The third-order valence-electron chi connectivity index (χ3n) is 6.92. The van der Waals surface area contributed by atoms with Crippen molar-refractivity contribution >= 4 is 33.1 Å².